The van der Waals surface area contributed by atoms with Gasteiger partial charge in [0.1, 0.15) is 35.7 Å². The third-order valence-electron chi connectivity index (χ3n) is 11.0. The molecule has 0 saturated carbocycles. The molecule has 0 radical (unpaired) electrons. The van der Waals surface area contributed by atoms with Crippen molar-refractivity contribution in [1.29, 1.82) is 0 Å². The fourth-order valence-corrected chi connectivity index (χ4v) is 8.87. The van der Waals surface area contributed by atoms with Gasteiger partial charge in [0.15, 0.2) is 0 Å². The minimum atomic E-state index is -0.865. The zero-order valence-electron chi connectivity index (χ0n) is 25.7. The van der Waals surface area contributed by atoms with Gasteiger partial charge in [-0.25, -0.2) is 8.78 Å². The number of rotatable bonds is 6. The molecule has 0 aliphatic carbocycles. The van der Waals surface area contributed by atoms with E-state index in [0.29, 0.717) is 65.1 Å². The molecule has 5 aliphatic rings. The van der Waals surface area contributed by atoms with E-state index in [4.69, 9.17) is 14.7 Å². The number of aromatic hydroxyl groups is 1. The Balaban J connectivity index is 1.20. The summed E-state index contributed by atoms with van der Waals surface area (Å²) in [6.07, 6.45) is 5.08. The molecule has 2 aromatic carbocycles. The monoisotopic (exact) mass is 618 g/mol. The number of carbonyl (C=O) groups is 1. The van der Waals surface area contributed by atoms with Crippen LogP contribution in [0.15, 0.2) is 24.3 Å². The SMILES string of the molecule is CCc1c(F)ccc2cc(O)cc(N3Cc4nc(OC[C@@]56CCCN5C[C@H](F)C6)nc(N5CCCC6(CCNC6)C5)c4C3=O)c12. The summed E-state index contributed by atoms with van der Waals surface area (Å²) in [7, 11) is 0. The van der Waals surface area contributed by atoms with E-state index in [9.17, 15) is 14.3 Å². The highest BCUT2D eigenvalue weighted by molar-refractivity contribution is 6.16. The molecule has 45 heavy (non-hydrogen) atoms. The first-order valence-corrected chi connectivity index (χ1v) is 16.4. The van der Waals surface area contributed by atoms with E-state index in [1.807, 2.05) is 6.92 Å². The normalized spacial score (nSPS) is 28.1. The molecule has 238 valence electrons. The summed E-state index contributed by atoms with van der Waals surface area (Å²) >= 11 is 0. The number of nitrogens with zero attached hydrogens (tertiary/aromatic N) is 5. The van der Waals surface area contributed by atoms with Crippen LogP contribution in [0.4, 0.5) is 20.3 Å². The number of hydrogen-bond acceptors (Lipinski definition) is 8. The molecule has 1 unspecified atom stereocenters. The Bertz CT molecular complexity index is 1680. The average molecular weight is 619 g/mol. The molecule has 3 aromatic rings. The van der Waals surface area contributed by atoms with E-state index in [1.54, 1.807) is 17.0 Å². The van der Waals surface area contributed by atoms with Gasteiger partial charge in [-0.2, -0.15) is 9.97 Å². The first kappa shape index (κ1) is 28.9. The summed E-state index contributed by atoms with van der Waals surface area (Å²) in [5.41, 5.74) is 1.70. The van der Waals surface area contributed by atoms with E-state index in [-0.39, 0.29) is 41.0 Å². The first-order chi connectivity index (χ1) is 21.8. The number of aromatic nitrogens is 2. The van der Waals surface area contributed by atoms with Crippen LogP contribution in [-0.4, -0.2) is 83.5 Å². The van der Waals surface area contributed by atoms with Crippen molar-refractivity contribution in [3.63, 3.8) is 0 Å². The van der Waals surface area contributed by atoms with Crippen molar-refractivity contribution in [1.82, 2.24) is 20.2 Å². The van der Waals surface area contributed by atoms with Gasteiger partial charge < -0.3 is 25.0 Å². The summed E-state index contributed by atoms with van der Waals surface area (Å²) in [5.74, 6) is -0.0511. The highest BCUT2D eigenvalue weighted by Gasteiger charge is 2.50. The van der Waals surface area contributed by atoms with Gasteiger partial charge in [0.05, 0.1) is 23.5 Å². The third kappa shape index (κ3) is 4.72. The third-order valence-corrected chi connectivity index (χ3v) is 11.0. The van der Waals surface area contributed by atoms with Gasteiger partial charge in [0.25, 0.3) is 5.91 Å². The topological polar surface area (TPSA) is 94.1 Å². The number of phenolic OH excluding ortho intramolecular Hbond substituents is 1. The lowest BCUT2D eigenvalue weighted by molar-refractivity contribution is 0.0995. The fourth-order valence-electron chi connectivity index (χ4n) is 8.87. The molecule has 2 N–H and O–H groups in total. The number of halogens is 2. The van der Waals surface area contributed by atoms with Gasteiger partial charge in [-0.05, 0) is 74.7 Å². The van der Waals surface area contributed by atoms with Crippen LogP contribution in [0.3, 0.4) is 0 Å². The second-order valence-corrected chi connectivity index (χ2v) is 13.8. The summed E-state index contributed by atoms with van der Waals surface area (Å²) in [6.45, 7) is 7.08. The lowest BCUT2D eigenvalue weighted by Crippen LogP contribution is -2.45. The Morgan fingerprint density at radius 3 is 2.84 bits per heavy atom. The van der Waals surface area contributed by atoms with Gasteiger partial charge >= 0.3 is 6.01 Å². The zero-order valence-corrected chi connectivity index (χ0v) is 25.7. The molecule has 4 saturated heterocycles. The van der Waals surface area contributed by atoms with Crippen LogP contribution in [0.5, 0.6) is 11.8 Å². The van der Waals surface area contributed by atoms with Crippen molar-refractivity contribution in [2.75, 3.05) is 55.7 Å². The first-order valence-electron chi connectivity index (χ1n) is 16.4. The maximum Gasteiger partial charge on any atom is 0.318 e. The van der Waals surface area contributed by atoms with Crippen molar-refractivity contribution in [3.05, 3.63) is 46.9 Å². The van der Waals surface area contributed by atoms with Crippen molar-refractivity contribution in [2.24, 2.45) is 5.41 Å². The predicted molar refractivity (Wildman–Crippen MR) is 167 cm³/mol. The number of hydrogen-bond donors (Lipinski definition) is 2. The van der Waals surface area contributed by atoms with Crippen LogP contribution in [0.25, 0.3) is 10.8 Å². The Morgan fingerprint density at radius 1 is 1.16 bits per heavy atom. The Hall–Kier alpha value is -3.57. The molecule has 9 nitrogen and oxygen atoms in total. The van der Waals surface area contributed by atoms with Gasteiger partial charge in [-0.15, -0.1) is 0 Å². The second-order valence-electron chi connectivity index (χ2n) is 13.8. The lowest BCUT2D eigenvalue weighted by atomic mass is 9.79. The zero-order chi connectivity index (χ0) is 30.9. The quantitative estimate of drug-likeness (QED) is 0.410. The molecule has 4 fully saturated rings. The van der Waals surface area contributed by atoms with E-state index in [0.717, 1.165) is 64.8 Å². The molecule has 3 atom stereocenters. The molecule has 1 aromatic heterocycles. The number of amides is 1. The molecule has 1 spiro atoms. The molecule has 8 rings (SSSR count). The van der Waals surface area contributed by atoms with Crippen molar-refractivity contribution in [2.45, 2.75) is 70.1 Å². The molecule has 6 heterocycles. The molecule has 11 heteroatoms. The highest BCUT2D eigenvalue weighted by atomic mass is 19.1. The standard InChI is InChI=1S/C34H40F2N6O3/c1-2-24-25(36)6-5-21-13-23(43)14-27(28(21)24)42-17-26-29(31(42)44)30(40-11-3-7-33(19-40)9-10-37-18-33)39-32(38-26)45-20-34-8-4-12-41(34)16-22(35)15-34/h5-6,13-14,22,37,43H,2-4,7-12,15-20H2,1H3/t22-,33?,34+/m1/s1. The number of benzene rings is 2. The minimum Gasteiger partial charge on any atom is -0.508 e. The average Bonchev–Trinajstić information content (AvgIpc) is 3.78. The van der Waals surface area contributed by atoms with Gasteiger partial charge in [-0.3, -0.25) is 9.69 Å². The van der Waals surface area contributed by atoms with Crippen molar-refractivity contribution in [3.8, 4) is 11.8 Å². The van der Waals surface area contributed by atoms with E-state index in [2.05, 4.69) is 15.1 Å². The van der Waals surface area contributed by atoms with Gasteiger partial charge in [0.2, 0.25) is 0 Å². The number of ether oxygens (including phenoxy) is 1. The van der Waals surface area contributed by atoms with Crippen LogP contribution in [-0.2, 0) is 13.0 Å². The number of alkyl halides is 1. The maximum absolute atomic E-state index is 15.0. The van der Waals surface area contributed by atoms with E-state index < -0.39 is 6.17 Å². The fraction of sp³-hybridized carbons (Fsp3) is 0.559. The molecule has 1 amide bonds. The number of aryl methyl sites for hydroxylation is 1. The van der Waals surface area contributed by atoms with Crippen molar-refractivity contribution < 1.29 is 23.4 Å². The number of piperidine rings is 1. The number of carbonyl (C=O) groups excluding carboxylic acids is 1. The number of fused-ring (bicyclic) bond motifs is 3. The van der Waals surface area contributed by atoms with Crippen molar-refractivity contribution >= 4 is 28.2 Å². The highest BCUT2D eigenvalue weighted by Crippen LogP contribution is 2.44. The summed E-state index contributed by atoms with van der Waals surface area (Å²) in [4.78, 5) is 30.1. The summed E-state index contributed by atoms with van der Waals surface area (Å²) in [6, 6.07) is 6.38. The molecular weight excluding hydrogens is 578 g/mol. The van der Waals surface area contributed by atoms with E-state index in [1.165, 1.54) is 12.1 Å². The van der Waals surface area contributed by atoms with Gasteiger partial charge in [-0.1, -0.05) is 13.0 Å². The van der Waals surface area contributed by atoms with Gasteiger partial charge in [0, 0.05) is 49.5 Å². The van der Waals surface area contributed by atoms with Crippen LogP contribution in [0.2, 0.25) is 0 Å². The second kappa shape index (κ2) is 10.8. The lowest BCUT2D eigenvalue weighted by Gasteiger charge is -2.41. The number of nitrogens with one attached hydrogen (secondary N) is 1. The Morgan fingerprint density at radius 2 is 2.02 bits per heavy atom. The van der Waals surface area contributed by atoms with Crippen LogP contribution in [0, 0.1) is 11.2 Å². The molecule has 0 bridgehead atoms. The van der Waals surface area contributed by atoms with Crippen LogP contribution < -0.4 is 19.9 Å². The molecule has 5 aliphatic heterocycles. The van der Waals surface area contributed by atoms with Crippen LogP contribution >= 0.6 is 0 Å². The number of phenols is 1. The Kier molecular flexibility index (Phi) is 6.90. The van der Waals surface area contributed by atoms with Crippen LogP contribution in [0.1, 0.15) is 67.1 Å². The minimum absolute atomic E-state index is 0.0000535. The maximum atomic E-state index is 15.0. The smallest absolute Gasteiger partial charge is 0.318 e. The summed E-state index contributed by atoms with van der Waals surface area (Å²) in [5, 5.41) is 15.5. The summed E-state index contributed by atoms with van der Waals surface area (Å²) < 4.78 is 35.9. The largest absolute Gasteiger partial charge is 0.508 e. The van der Waals surface area contributed by atoms with E-state index >= 15 is 4.39 Å². The Labute approximate surface area is 261 Å². The predicted octanol–water partition coefficient (Wildman–Crippen LogP) is 4.73. The number of anilines is 2. The molecular formula is C34H40F2N6O3.